The van der Waals surface area contributed by atoms with Crippen molar-refractivity contribution in [3.63, 3.8) is 0 Å². The molecule has 3 aromatic rings. The van der Waals surface area contributed by atoms with Crippen LogP contribution in [0.4, 0.5) is 0 Å². The molecule has 0 heterocycles. The van der Waals surface area contributed by atoms with E-state index < -0.39 is 0 Å². The smallest absolute Gasteiger partial charge is 0.161 e. The lowest BCUT2D eigenvalue weighted by atomic mass is 9.90. The molecule has 0 N–H and O–H groups in total. The normalized spacial score (nSPS) is 10.3. The van der Waals surface area contributed by atoms with Gasteiger partial charge in [-0.25, -0.2) is 0 Å². The van der Waals surface area contributed by atoms with Gasteiger partial charge in [0.2, 0.25) is 0 Å². The summed E-state index contributed by atoms with van der Waals surface area (Å²) < 4.78 is 21.9. The molecular weight excluding hydrogens is 388 g/mol. The predicted octanol–water partition coefficient (Wildman–Crippen LogP) is 5.65. The molecule has 0 amide bonds. The third-order valence-electron chi connectivity index (χ3n) is 4.93. The summed E-state index contributed by atoms with van der Waals surface area (Å²) >= 11 is 0. The van der Waals surface area contributed by atoms with Crippen molar-refractivity contribution in [2.24, 2.45) is 10.2 Å². The van der Waals surface area contributed by atoms with Crippen LogP contribution in [-0.2, 0) is 13.1 Å². The van der Waals surface area contributed by atoms with Gasteiger partial charge in [0.25, 0.3) is 0 Å². The van der Waals surface area contributed by atoms with Crippen molar-refractivity contribution < 1.29 is 18.9 Å². The largest absolute Gasteiger partial charge is 0.493 e. The molecule has 0 aliphatic heterocycles. The zero-order chi connectivity index (χ0) is 21.7. The molecule has 0 radical (unpaired) electrons. The summed E-state index contributed by atoms with van der Waals surface area (Å²) in [4.78, 5) is 5.83. The van der Waals surface area contributed by atoms with Crippen molar-refractivity contribution in [2.75, 3.05) is 28.4 Å². The number of hydrogen-bond acceptors (Lipinski definition) is 6. The van der Waals surface area contributed by atoms with Crippen molar-refractivity contribution in [2.45, 2.75) is 13.1 Å². The van der Waals surface area contributed by atoms with Crippen LogP contribution >= 0.6 is 0 Å². The highest BCUT2D eigenvalue weighted by Gasteiger charge is 2.19. The first-order valence-electron chi connectivity index (χ1n) is 8.90. The zero-order valence-corrected chi connectivity index (χ0v) is 17.0. The molecule has 0 saturated heterocycles. The van der Waals surface area contributed by atoms with Crippen LogP contribution in [0.3, 0.4) is 0 Å². The first-order chi connectivity index (χ1) is 14.6. The molecule has 0 aliphatic rings. The number of benzene rings is 3. The van der Waals surface area contributed by atoms with Gasteiger partial charge in [0.1, 0.15) is 0 Å². The SMILES string of the molecule is COc1cc2c(CN=[N+]=[N-])c3cc(OC)c(OC)cc3c(CN=[N+]=[N-])c2cc1OC. The van der Waals surface area contributed by atoms with Crippen LogP contribution in [0.2, 0.25) is 0 Å². The molecule has 10 nitrogen and oxygen atoms in total. The van der Waals surface area contributed by atoms with Crippen molar-refractivity contribution >= 4 is 21.5 Å². The lowest BCUT2D eigenvalue weighted by molar-refractivity contribution is 0.355. The van der Waals surface area contributed by atoms with E-state index in [1.54, 1.807) is 28.4 Å². The zero-order valence-electron chi connectivity index (χ0n) is 17.0. The maximum atomic E-state index is 8.92. The van der Waals surface area contributed by atoms with E-state index in [0.29, 0.717) is 23.0 Å². The van der Waals surface area contributed by atoms with Crippen LogP contribution in [0.1, 0.15) is 11.1 Å². The van der Waals surface area contributed by atoms with E-state index in [1.165, 1.54) is 0 Å². The average molecular weight is 408 g/mol. The molecule has 10 heteroatoms. The number of rotatable bonds is 8. The van der Waals surface area contributed by atoms with Crippen LogP contribution in [0, 0.1) is 0 Å². The van der Waals surface area contributed by atoms with E-state index in [0.717, 1.165) is 32.7 Å². The summed E-state index contributed by atoms with van der Waals surface area (Å²) in [7, 11) is 6.19. The molecule has 0 atom stereocenters. The molecule has 3 aromatic carbocycles. The lowest BCUT2D eigenvalue weighted by Crippen LogP contribution is -1.99. The van der Waals surface area contributed by atoms with Crippen LogP contribution in [0.5, 0.6) is 23.0 Å². The summed E-state index contributed by atoms with van der Waals surface area (Å²) in [5.74, 6) is 2.12. The Bertz CT molecular complexity index is 1050. The maximum absolute atomic E-state index is 8.92. The van der Waals surface area contributed by atoms with Gasteiger partial charge >= 0.3 is 0 Å². The molecule has 0 fully saturated rings. The molecule has 0 saturated carbocycles. The van der Waals surface area contributed by atoms with Gasteiger partial charge in [-0.15, -0.1) is 0 Å². The maximum Gasteiger partial charge on any atom is 0.161 e. The van der Waals surface area contributed by atoms with Crippen LogP contribution in [-0.4, -0.2) is 28.4 Å². The second kappa shape index (κ2) is 9.00. The van der Waals surface area contributed by atoms with Gasteiger partial charge in [-0.05, 0) is 68.0 Å². The highest BCUT2D eigenvalue weighted by atomic mass is 16.5. The first-order valence-corrected chi connectivity index (χ1v) is 8.90. The fourth-order valence-corrected chi connectivity index (χ4v) is 3.59. The van der Waals surface area contributed by atoms with Crippen molar-refractivity contribution in [1.29, 1.82) is 0 Å². The molecule has 0 unspecified atom stereocenters. The van der Waals surface area contributed by atoms with Gasteiger partial charge in [-0.1, -0.05) is 10.2 Å². The molecule has 0 spiro atoms. The van der Waals surface area contributed by atoms with E-state index in [-0.39, 0.29) is 13.1 Å². The third-order valence-corrected chi connectivity index (χ3v) is 4.93. The topological polar surface area (TPSA) is 134 Å². The van der Waals surface area contributed by atoms with Crippen molar-refractivity contribution in [3.8, 4) is 23.0 Å². The van der Waals surface area contributed by atoms with Gasteiger partial charge in [0.15, 0.2) is 23.0 Å². The summed E-state index contributed by atoms with van der Waals surface area (Å²) in [5.41, 5.74) is 19.4. The van der Waals surface area contributed by atoms with E-state index >= 15 is 0 Å². The number of azide groups is 2. The third kappa shape index (κ3) is 3.53. The molecule has 154 valence electrons. The number of fused-ring (bicyclic) bond motifs is 2. The van der Waals surface area contributed by atoms with E-state index in [9.17, 15) is 0 Å². The monoisotopic (exact) mass is 408 g/mol. The van der Waals surface area contributed by atoms with E-state index in [2.05, 4.69) is 20.1 Å². The highest BCUT2D eigenvalue weighted by Crippen LogP contribution is 2.43. The fraction of sp³-hybridized carbons (Fsp3) is 0.300. The van der Waals surface area contributed by atoms with Crippen LogP contribution in [0.25, 0.3) is 42.4 Å². The standard InChI is InChI=1S/C20H20N6O4/c1-27-17-5-11-12(6-18(17)28-2)16(10-24-26-22)14-8-20(30-4)19(29-3)7-13(14)15(11)9-23-25-21/h5-8H,9-10H2,1-4H3. The van der Waals surface area contributed by atoms with Gasteiger partial charge in [-0.2, -0.15) is 0 Å². The fourth-order valence-electron chi connectivity index (χ4n) is 3.59. The molecule has 30 heavy (non-hydrogen) atoms. The lowest BCUT2D eigenvalue weighted by Gasteiger charge is -2.19. The number of ether oxygens (including phenoxy) is 4. The summed E-state index contributed by atoms with van der Waals surface area (Å²) in [6, 6.07) is 7.30. The molecule has 3 rings (SSSR count). The minimum absolute atomic E-state index is 0.107. The molecule has 0 bridgehead atoms. The second-order valence-electron chi connectivity index (χ2n) is 6.24. The number of nitrogens with zero attached hydrogens (tertiary/aromatic N) is 6. The molecule has 0 aromatic heterocycles. The van der Waals surface area contributed by atoms with Gasteiger partial charge in [-0.3, -0.25) is 0 Å². The molecule has 0 aliphatic carbocycles. The Balaban J connectivity index is 2.59. The quantitative estimate of drug-likeness (QED) is 0.206. The summed E-state index contributed by atoms with van der Waals surface area (Å²) in [5, 5.41) is 10.7. The summed E-state index contributed by atoms with van der Waals surface area (Å²) in [6.45, 7) is 0.215. The van der Waals surface area contributed by atoms with E-state index in [4.69, 9.17) is 30.0 Å². The Labute approximate surface area is 172 Å². The van der Waals surface area contributed by atoms with Crippen molar-refractivity contribution in [3.05, 3.63) is 56.3 Å². The predicted molar refractivity (Wildman–Crippen MR) is 113 cm³/mol. The Morgan fingerprint density at radius 1 is 0.600 bits per heavy atom. The Morgan fingerprint density at radius 3 is 1.07 bits per heavy atom. The van der Waals surface area contributed by atoms with Gasteiger partial charge in [0, 0.05) is 9.82 Å². The van der Waals surface area contributed by atoms with Gasteiger partial charge in [0.05, 0.1) is 41.5 Å². The number of hydrogen-bond donors (Lipinski definition) is 0. The minimum Gasteiger partial charge on any atom is -0.493 e. The first kappa shape index (κ1) is 20.7. The second-order valence-corrected chi connectivity index (χ2v) is 6.24. The van der Waals surface area contributed by atoms with Crippen LogP contribution in [0.15, 0.2) is 34.5 Å². The van der Waals surface area contributed by atoms with Crippen molar-refractivity contribution in [1.82, 2.24) is 0 Å². The van der Waals surface area contributed by atoms with Crippen LogP contribution < -0.4 is 18.9 Å². The Hall–Kier alpha value is -4.00. The van der Waals surface area contributed by atoms with E-state index in [1.807, 2.05) is 24.3 Å². The van der Waals surface area contributed by atoms with Gasteiger partial charge < -0.3 is 18.9 Å². The molecular formula is C20H20N6O4. The Morgan fingerprint density at radius 2 is 0.867 bits per heavy atom. The minimum atomic E-state index is 0.107. The number of methoxy groups -OCH3 is 4. The average Bonchev–Trinajstić information content (AvgIpc) is 2.79. The summed E-state index contributed by atoms with van der Waals surface area (Å²) in [6.07, 6.45) is 0. The Kier molecular flexibility index (Phi) is 6.22. The highest BCUT2D eigenvalue weighted by molar-refractivity contribution is 6.07.